The summed E-state index contributed by atoms with van der Waals surface area (Å²) in [5.74, 6) is -1.24. The zero-order chi connectivity index (χ0) is 17.4. The summed E-state index contributed by atoms with van der Waals surface area (Å²) in [6.07, 6.45) is 7.82. The fourth-order valence-corrected chi connectivity index (χ4v) is 3.11. The molecule has 0 aromatic rings. The van der Waals surface area contributed by atoms with Crippen LogP contribution in [0.15, 0.2) is 12.2 Å². The predicted molar refractivity (Wildman–Crippen MR) is 88.9 cm³/mol. The van der Waals surface area contributed by atoms with Gasteiger partial charge in [0.15, 0.2) is 0 Å². The molecule has 23 heavy (non-hydrogen) atoms. The summed E-state index contributed by atoms with van der Waals surface area (Å²) in [6.45, 7) is 5.76. The van der Waals surface area contributed by atoms with Gasteiger partial charge in [0.2, 0.25) is 5.91 Å². The van der Waals surface area contributed by atoms with Gasteiger partial charge in [0.05, 0.1) is 0 Å². The summed E-state index contributed by atoms with van der Waals surface area (Å²) in [5.41, 5.74) is 0. The summed E-state index contributed by atoms with van der Waals surface area (Å²) in [4.78, 5) is 35.5. The summed E-state index contributed by atoms with van der Waals surface area (Å²) < 4.78 is 0. The molecule has 1 fully saturated rings. The van der Waals surface area contributed by atoms with Gasteiger partial charge in [-0.15, -0.1) is 0 Å². The van der Waals surface area contributed by atoms with Crippen molar-refractivity contribution in [1.82, 2.24) is 5.32 Å². The molecule has 130 valence electrons. The first-order chi connectivity index (χ1) is 10.9. The molecule has 0 aromatic carbocycles. The lowest BCUT2D eigenvalue weighted by molar-refractivity contribution is -0.143. The smallest absolute Gasteiger partial charge is 0.326 e. The van der Waals surface area contributed by atoms with Crippen LogP contribution in [0.2, 0.25) is 0 Å². The van der Waals surface area contributed by atoms with Gasteiger partial charge in [0, 0.05) is 18.8 Å². The van der Waals surface area contributed by atoms with E-state index in [2.05, 4.69) is 5.32 Å². The molecule has 0 aliphatic heterocycles. The van der Waals surface area contributed by atoms with Gasteiger partial charge in [-0.3, -0.25) is 9.59 Å². The van der Waals surface area contributed by atoms with Crippen molar-refractivity contribution < 1.29 is 19.5 Å². The zero-order valence-electron chi connectivity index (χ0n) is 14.4. The summed E-state index contributed by atoms with van der Waals surface area (Å²) in [5, 5.41) is 11.9. The van der Waals surface area contributed by atoms with Crippen LogP contribution in [0, 0.1) is 17.8 Å². The highest BCUT2D eigenvalue weighted by molar-refractivity contribution is 5.87. The molecule has 0 unspecified atom stereocenters. The number of carboxylic acid groups (broad SMARTS) is 1. The predicted octanol–water partition coefficient (Wildman–Crippen LogP) is 2.94. The third-order valence-corrected chi connectivity index (χ3v) is 4.78. The number of aliphatic carboxylic acids is 1. The second-order valence-electron chi connectivity index (χ2n) is 6.46. The maximum atomic E-state index is 12.2. The molecule has 1 amide bonds. The molecule has 1 rings (SSSR count). The number of carbonyl (C=O) groups excluding carboxylic acids is 2. The Morgan fingerprint density at radius 2 is 2.04 bits per heavy atom. The maximum absolute atomic E-state index is 12.2. The fraction of sp³-hybridized carbons (Fsp3) is 0.722. The molecule has 0 saturated heterocycles. The van der Waals surface area contributed by atoms with Crippen molar-refractivity contribution in [3.63, 3.8) is 0 Å². The molecule has 1 aliphatic rings. The van der Waals surface area contributed by atoms with E-state index in [1.165, 1.54) is 0 Å². The van der Waals surface area contributed by atoms with Crippen LogP contribution in [-0.2, 0) is 14.4 Å². The Bertz CT molecular complexity index is 458. The van der Waals surface area contributed by atoms with Crippen molar-refractivity contribution in [3.8, 4) is 0 Å². The minimum Gasteiger partial charge on any atom is -0.480 e. The number of carboxylic acids is 1. The molecule has 0 aromatic heterocycles. The Balaban J connectivity index is 2.62. The normalized spacial score (nSPS) is 23.9. The van der Waals surface area contributed by atoms with Crippen molar-refractivity contribution in [2.75, 3.05) is 0 Å². The van der Waals surface area contributed by atoms with Gasteiger partial charge in [-0.2, -0.15) is 0 Å². The number of carbonyl (C=O) groups is 3. The van der Waals surface area contributed by atoms with E-state index < -0.39 is 12.0 Å². The Hall–Kier alpha value is -1.65. The third-order valence-electron chi connectivity index (χ3n) is 4.78. The van der Waals surface area contributed by atoms with Crippen LogP contribution < -0.4 is 5.32 Å². The second-order valence-corrected chi connectivity index (χ2v) is 6.46. The van der Waals surface area contributed by atoms with Crippen LogP contribution in [0.3, 0.4) is 0 Å². The highest BCUT2D eigenvalue weighted by Crippen LogP contribution is 2.34. The van der Waals surface area contributed by atoms with Gasteiger partial charge in [-0.05, 0) is 31.1 Å². The van der Waals surface area contributed by atoms with Crippen LogP contribution in [0.1, 0.15) is 59.3 Å². The van der Waals surface area contributed by atoms with Gasteiger partial charge in [0.1, 0.15) is 11.8 Å². The van der Waals surface area contributed by atoms with E-state index in [4.69, 9.17) is 0 Å². The minimum atomic E-state index is -1.00. The lowest BCUT2D eigenvalue weighted by Crippen LogP contribution is -2.45. The number of hydrogen-bond donors (Lipinski definition) is 2. The molecule has 0 bridgehead atoms. The van der Waals surface area contributed by atoms with Crippen molar-refractivity contribution in [3.05, 3.63) is 12.2 Å². The second kappa shape index (κ2) is 9.48. The summed E-state index contributed by atoms with van der Waals surface area (Å²) in [7, 11) is 0. The quantitative estimate of drug-likeness (QED) is 0.639. The van der Waals surface area contributed by atoms with Gasteiger partial charge in [0.25, 0.3) is 0 Å². The average molecular weight is 323 g/mol. The lowest BCUT2D eigenvalue weighted by atomic mass is 9.89. The summed E-state index contributed by atoms with van der Waals surface area (Å²) >= 11 is 0. The number of nitrogens with one attached hydrogen (secondary N) is 1. The third kappa shape index (κ3) is 5.81. The highest BCUT2D eigenvalue weighted by Gasteiger charge is 2.35. The Morgan fingerprint density at radius 3 is 2.61 bits per heavy atom. The van der Waals surface area contributed by atoms with E-state index in [1.807, 2.05) is 32.9 Å². The first-order valence-corrected chi connectivity index (χ1v) is 8.60. The van der Waals surface area contributed by atoms with Crippen LogP contribution in [-0.4, -0.2) is 28.8 Å². The standard InChI is InChI=1S/C18H29NO4/c1-4-6-7-8-14-13(9-10-15(14)20)11-16(21)19-17(18(22)23)12(3)5-2/h6-7,12-14,17H,4-5,8-11H2,1-3H3,(H,19,21)(H,22,23)/b7-6-/t12-,13+,14+,17-/m0/s1. The van der Waals surface area contributed by atoms with Crippen molar-refractivity contribution in [2.45, 2.75) is 65.3 Å². The van der Waals surface area contributed by atoms with Crippen LogP contribution >= 0.6 is 0 Å². The molecule has 0 radical (unpaired) electrons. The highest BCUT2D eigenvalue weighted by atomic mass is 16.4. The van der Waals surface area contributed by atoms with Crippen LogP contribution in [0.25, 0.3) is 0 Å². The zero-order valence-corrected chi connectivity index (χ0v) is 14.4. The van der Waals surface area contributed by atoms with Crippen LogP contribution in [0.5, 0.6) is 0 Å². The van der Waals surface area contributed by atoms with E-state index >= 15 is 0 Å². The number of hydrogen-bond acceptors (Lipinski definition) is 3. The van der Waals surface area contributed by atoms with E-state index in [0.29, 0.717) is 19.3 Å². The molecule has 1 aliphatic carbocycles. The number of amides is 1. The Morgan fingerprint density at radius 1 is 1.35 bits per heavy atom. The van der Waals surface area contributed by atoms with Gasteiger partial charge < -0.3 is 10.4 Å². The van der Waals surface area contributed by atoms with Gasteiger partial charge >= 0.3 is 5.97 Å². The van der Waals surface area contributed by atoms with Crippen molar-refractivity contribution in [1.29, 1.82) is 0 Å². The first kappa shape index (κ1) is 19.4. The molecular weight excluding hydrogens is 294 g/mol. The van der Waals surface area contributed by atoms with Crippen LogP contribution in [0.4, 0.5) is 0 Å². The molecule has 5 nitrogen and oxygen atoms in total. The Kier molecular flexibility index (Phi) is 8.00. The first-order valence-electron chi connectivity index (χ1n) is 8.60. The lowest BCUT2D eigenvalue weighted by Gasteiger charge is -2.22. The Labute approximate surface area is 138 Å². The van der Waals surface area contributed by atoms with Crippen molar-refractivity contribution in [2.24, 2.45) is 17.8 Å². The molecular formula is C18H29NO4. The van der Waals surface area contributed by atoms with E-state index in [1.54, 1.807) is 0 Å². The van der Waals surface area contributed by atoms with E-state index in [-0.39, 0.29) is 35.9 Å². The SMILES string of the molecule is CC/C=C\C[C@H]1C(=O)CC[C@@H]1CC(=O)N[C@H](C(=O)O)[C@@H](C)CC. The monoisotopic (exact) mass is 323 g/mol. The number of Topliss-reactive ketones (excluding diaryl/α,β-unsaturated/α-hetero) is 1. The summed E-state index contributed by atoms with van der Waals surface area (Å²) in [6, 6.07) is -0.858. The molecule has 0 heterocycles. The van der Waals surface area contributed by atoms with Gasteiger partial charge in [-0.25, -0.2) is 4.79 Å². The van der Waals surface area contributed by atoms with E-state index in [9.17, 15) is 19.5 Å². The molecule has 1 saturated carbocycles. The van der Waals surface area contributed by atoms with Crippen molar-refractivity contribution >= 4 is 17.7 Å². The van der Waals surface area contributed by atoms with E-state index in [0.717, 1.165) is 12.8 Å². The number of ketones is 1. The molecule has 2 N–H and O–H groups in total. The maximum Gasteiger partial charge on any atom is 0.326 e. The number of rotatable bonds is 9. The topological polar surface area (TPSA) is 83.5 Å². The number of allylic oxidation sites excluding steroid dienone is 2. The minimum absolute atomic E-state index is 0.0235. The molecule has 5 heteroatoms. The largest absolute Gasteiger partial charge is 0.480 e. The fourth-order valence-electron chi connectivity index (χ4n) is 3.11. The van der Waals surface area contributed by atoms with Gasteiger partial charge in [-0.1, -0.05) is 39.3 Å². The molecule has 0 spiro atoms. The average Bonchev–Trinajstić information content (AvgIpc) is 2.84. The molecule has 4 atom stereocenters.